The van der Waals surface area contributed by atoms with Crippen molar-refractivity contribution in [3.63, 3.8) is 0 Å². The summed E-state index contributed by atoms with van der Waals surface area (Å²) in [5.41, 5.74) is 0.908. The SMILES string of the molecule is CC(C)Oc1ccc(NC(=S)NCCN2CCCC2=O)cc1. The molecule has 22 heavy (non-hydrogen) atoms. The minimum atomic E-state index is 0.162. The van der Waals surface area contributed by atoms with E-state index in [4.69, 9.17) is 17.0 Å². The van der Waals surface area contributed by atoms with Gasteiger partial charge in [0.05, 0.1) is 6.10 Å². The molecule has 1 aliphatic rings. The lowest BCUT2D eigenvalue weighted by molar-refractivity contribution is -0.127. The third kappa shape index (κ3) is 5.18. The summed E-state index contributed by atoms with van der Waals surface area (Å²) in [6, 6.07) is 7.67. The van der Waals surface area contributed by atoms with Crippen molar-refractivity contribution in [1.82, 2.24) is 10.2 Å². The average Bonchev–Trinajstić information content (AvgIpc) is 2.86. The summed E-state index contributed by atoms with van der Waals surface area (Å²) < 4.78 is 5.59. The standard InChI is InChI=1S/C16H23N3O2S/c1-12(2)21-14-7-5-13(6-8-14)18-16(22)17-9-11-19-10-3-4-15(19)20/h5-8,12H,3-4,9-11H2,1-2H3,(H2,17,18,22). The van der Waals surface area contributed by atoms with E-state index in [9.17, 15) is 4.79 Å². The number of rotatable bonds is 6. The average molecular weight is 321 g/mol. The Morgan fingerprint density at radius 1 is 1.36 bits per heavy atom. The zero-order valence-electron chi connectivity index (χ0n) is 13.1. The van der Waals surface area contributed by atoms with Gasteiger partial charge in [-0.1, -0.05) is 0 Å². The fourth-order valence-electron chi connectivity index (χ4n) is 2.31. The number of carbonyl (C=O) groups excluding carboxylic acids is 1. The van der Waals surface area contributed by atoms with Gasteiger partial charge in [-0.05, 0) is 56.8 Å². The van der Waals surface area contributed by atoms with Crippen molar-refractivity contribution in [2.75, 3.05) is 25.0 Å². The Balaban J connectivity index is 1.71. The number of ether oxygens (including phenoxy) is 1. The number of likely N-dealkylation sites (tertiary alicyclic amines) is 1. The number of carbonyl (C=O) groups is 1. The molecule has 0 bridgehead atoms. The van der Waals surface area contributed by atoms with Crippen LogP contribution < -0.4 is 15.4 Å². The van der Waals surface area contributed by atoms with Crippen molar-refractivity contribution in [2.45, 2.75) is 32.8 Å². The molecule has 2 N–H and O–H groups in total. The number of nitrogens with zero attached hydrogens (tertiary/aromatic N) is 1. The maximum atomic E-state index is 11.5. The van der Waals surface area contributed by atoms with Crippen LogP contribution in [0.4, 0.5) is 5.69 Å². The molecule has 1 aromatic rings. The first-order valence-corrected chi connectivity index (χ1v) is 8.05. The maximum Gasteiger partial charge on any atom is 0.222 e. The highest BCUT2D eigenvalue weighted by Gasteiger charge is 2.19. The van der Waals surface area contributed by atoms with Crippen LogP contribution >= 0.6 is 12.2 Å². The second-order valence-corrected chi connectivity index (χ2v) is 5.96. The highest BCUT2D eigenvalue weighted by Crippen LogP contribution is 2.16. The van der Waals surface area contributed by atoms with Crippen molar-refractivity contribution < 1.29 is 9.53 Å². The summed E-state index contributed by atoms with van der Waals surface area (Å²) in [6.45, 7) is 6.21. The first-order valence-electron chi connectivity index (χ1n) is 7.64. The molecule has 120 valence electrons. The lowest BCUT2D eigenvalue weighted by atomic mass is 10.3. The number of hydrogen-bond donors (Lipinski definition) is 2. The van der Waals surface area contributed by atoms with E-state index in [1.54, 1.807) is 0 Å². The van der Waals surface area contributed by atoms with Crippen LogP contribution in [0.2, 0.25) is 0 Å². The number of anilines is 1. The number of hydrogen-bond acceptors (Lipinski definition) is 3. The molecule has 1 aromatic carbocycles. The van der Waals surface area contributed by atoms with Gasteiger partial charge in [-0.3, -0.25) is 4.79 Å². The second-order valence-electron chi connectivity index (χ2n) is 5.56. The van der Waals surface area contributed by atoms with Crippen LogP contribution in [0.1, 0.15) is 26.7 Å². The highest BCUT2D eigenvalue weighted by molar-refractivity contribution is 7.80. The Bertz CT molecular complexity index is 517. The van der Waals surface area contributed by atoms with E-state index in [0.717, 1.165) is 24.4 Å². The van der Waals surface area contributed by atoms with Crippen molar-refractivity contribution in [1.29, 1.82) is 0 Å². The summed E-state index contributed by atoms with van der Waals surface area (Å²) in [5.74, 6) is 1.08. The smallest absolute Gasteiger partial charge is 0.222 e. The molecule has 2 rings (SSSR count). The van der Waals surface area contributed by atoms with Crippen LogP contribution in [0.3, 0.4) is 0 Å². The molecule has 0 aliphatic carbocycles. The Morgan fingerprint density at radius 2 is 2.09 bits per heavy atom. The predicted octanol–water partition coefficient (Wildman–Crippen LogP) is 2.38. The van der Waals surface area contributed by atoms with E-state index >= 15 is 0 Å². The van der Waals surface area contributed by atoms with E-state index in [1.807, 2.05) is 43.0 Å². The number of amides is 1. The lowest BCUT2D eigenvalue weighted by Crippen LogP contribution is -2.37. The van der Waals surface area contributed by atoms with Crippen molar-refractivity contribution in [2.24, 2.45) is 0 Å². The van der Waals surface area contributed by atoms with Crippen molar-refractivity contribution in [3.05, 3.63) is 24.3 Å². The summed E-state index contributed by atoms with van der Waals surface area (Å²) in [6.07, 6.45) is 1.80. The Kier molecular flexibility index (Phi) is 6.00. The van der Waals surface area contributed by atoms with Gasteiger partial charge >= 0.3 is 0 Å². The van der Waals surface area contributed by atoms with Gasteiger partial charge in [0, 0.05) is 31.7 Å². The van der Waals surface area contributed by atoms with Gasteiger partial charge < -0.3 is 20.3 Å². The van der Waals surface area contributed by atoms with E-state index in [1.165, 1.54) is 0 Å². The monoisotopic (exact) mass is 321 g/mol. The topological polar surface area (TPSA) is 53.6 Å². The van der Waals surface area contributed by atoms with Gasteiger partial charge in [0.1, 0.15) is 5.75 Å². The molecule has 5 nitrogen and oxygen atoms in total. The summed E-state index contributed by atoms with van der Waals surface area (Å²) >= 11 is 5.25. The minimum Gasteiger partial charge on any atom is -0.491 e. The fraction of sp³-hybridized carbons (Fsp3) is 0.500. The third-order valence-electron chi connectivity index (χ3n) is 3.32. The Labute approximate surface area is 137 Å². The number of nitrogens with one attached hydrogen (secondary N) is 2. The molecule has 0 radical (unpaired) electrons. The Hall–Kier alpha value is -1.82. The number of thiocarbonyl (C=S) groups is 1. The van der Waals surface area contributed by atoms with Crippen LogP contribution in [0.5, 0.6) is 5.75 Å². The lowest BCUT2D eigenvalue weighted by Gasteiger charge is -2.17. The first kappa shape index (κ1) is 16.5. The summed E-state index contributed by atoms with van der Waals surface area (Å²) in [5, 5.41) is 6.80. The van der Waals surface area contributed by atoms with E-state index in [-0.39, 0.29) is 12.0 Å². The second kappa shape index (κ2) is 7.98. The van der Waals surface area contributed by atoms with E-state index in [2.05, 4.69) is 10.6 Å². The maximum absolute atomic E-state index is 11.5. The van der Waals surface area contributed by atoms with Gasteiger partial charge in [-0.15, -0.1) is 0 Å². The summed E-state index contributed by atoms with van der Waals surface area (Å²) in [7, 11) is 0. The molecule has 1 aliphatic heterocycles. The molecule has 0 unspecified atom stereocenters. The summed E-state index contributed by atoms with van der Waals surface area (Å²) in [4.78, 5) is 13.4. The molecule has 1 fully saturated rings. The fourth-order valence-corrected chi connectivity index (χ4v) is 2.53. The largest absolute Gasteiger partial charge is 0.491 e. The molecule has 6 heteroatoms. The van der Waals surface area contributed by atoms with Crippen LogP contribution in [-0.4, -0.2) is 41.7 Å². The van der Waals surface area contributed by atoms with Crippen molar-refractivity contribution >= 4 is 28.9 Å². The quantitative estimate of drug-likeness (QED) is 0.788. The van der Waals surface area contributed by atoms with Gasteiger partial charge in [-0.2, -0.15) is 0 Å². The van der Waals surface area contributed by atoms with Gasteiger partial charge in [0.15, 0.2) is 5.11 Å². The van der Waals surface area contributed by atoms with E-state index < -0.39 is 0 Å². The van der Waals surface area contributed by atoms with Crippen LogP contribution in [0.25, 0.3) is 0 Å². The molecular formula is C16H23N3O2S. The molecule has 0 aromatic heterocycles. The van der Waals surface area contributed by atoms with Crippen molar-refractivity contribution in [3.8, 4) is 5.75 Å². The molecular weight excluding hydrogens is 298 g/mol. The Morgan fingerprint density at radius 3 is 2.68 bits per heavy atom. The number of benzene rings is 1. The molecule has 0 spiro atoms. The zero-order chi connectivity index (χ0) is 15.9. The molecule has 1 saturated heterocycles. The molecule has 1 amide bonds. The molecule has 1 heterocycles. The van der Waals surface area contributed by atoms with Gasteiger partial charge in [-0.25, -0.2) is 0 Å². The van der Waals surface area contributed by atoms with Crippen LogP contribution in [0, 0.1) is 0 Å². The van der Waals surface area contributed by atoms with Crippen LogP contribution in [0.15, 0.2) is 24.3 Å². The van der Waals surface area contributed by atoms with Gasteiger partial charge in [0.25, 0.3) is 0 Å². The van der Waals surface area contributed by atoms with E-state index in [0.29, 0.717) is 24.6 Å². The molecule has 0 atom stereocenters. The van der Waals surface area contributed by atoms with Crippen LogP contribution in [-0.2, 0) is 4.79 Å². The van der Waals surface area contributed by atoms with Gasteiger partial charge in [0.2, 0.25) is 5.91 Å². The highest BCUT2D eigenvalue weighted by atomic mass is 32.1. The first-order chi connectivity index (χ1) is 10.5. The minimum absolute atomic E-state index is 0.162. The molecule has 0 saturated carbocycles. The normalized spacial score (nSPS) is 14.3. The third-order valence-corrected chi connectivity index (χ3v) is 3.57. The predicted molar refractivity (Wildman–Crippen MR) is 92.2 cm³/mol. The zero-order valence-corrected chi connectivity index (χ0v) is 13.9.